The molecule has 0 amide bonds. The van der Waals surface area contributed by atoms with E-state index in [9.17, 15) is 9.90 Å². The fourth-order valence-electron chi connectivity index (χ4n) is 3.39. The largest absolute Gasteiger partial charge is 0.506 e. The third kappa shape index (κ3) is 3.40. The lowest BCUT2D eigenvalue weighted by Crippen LogP contribution is -2.24. The van der Waals surface area contributed by atoms with Crippen molar-refractivity contribution in [1.82, 2.24) is 19.5 Å². The number of nitrogens with zero attached hydrogens (tertiary/aromatic N) is 4. The number of aromatic hydroxyl groups is 1. The van der Waals surface area contributed by atoms with E-state index < -0.39 is 0 Å². The number of aromatic nitrogens is 4. The van der Waals surface area contributed by atoms with Gasteiger partial charge in [-0.25, -0.2) is 9.97 Å². The lowest BCUT2D eigenvalue weighted by molar-refractivity contribution is 0.471. The van der Waals surface area contributed by atoms with Crippen molar-refractivity contribution < 1.29 is 5.11 Å². The quantitative estimate of drug-likeness (QED) is 0.578. The van der Waals surface area contributed by atoms with Crippen LogP contribution in [0.5, 0.6) is 5.75 Å². The predicted molar refractivity (Wildman–Crippen MR) is 114 cm³/mol. The molecule has 0 saturated heterocycles. The van der Waals surface area contributed by atoms with Crippen molar-refractivity contribution in [2.75, 3.05) is 0 Å². The molecule has 0 saturated carbocycles. The summed E-state index contributed by atoms with van der Waals surface area (Å²) in [5.41, 5.74) is 4.27. The van der Waals surface area contributed by atoms with Crippen LogP contribution in [0.15, 0.2) is 53.6 Å². The van der Waals surface area contributed by atoms with Crippen molar-refractivity contribution in [3.8, 4) is 11.4 Å². The van der Waals surface area contributed by atoms with Gasteiger partial charge < -0.3 is 5.11 Å². The number of pyridine rings is 2. The molecule has 0 spiro atoms. The molecule has 3 heterocycles. The first kappa shape index (κ1) is 18.6. The van der Waals surface area contributed by atoms with Gasteiger partial charge in [-0.3, -0.25) is 14.3 Å². The van der Waals surface area contributed by atoms with Crippen LogP contribution in [0.4, 0.5) is 0 Å². The van der Waals surface area contributed by atoms with Gasteiger partial charge in [-0.1, -0.05) is 18.2 Å². The topological polar surface area (TPSA) is 80.9 Å². The summed E-state index contributed by atoms with van der Waals surface area (Å²) >= 11 is 0. The molecule has 0 radical (unpaired) electrons. The lowest BCUT2D eigenvalue weighted by atomic mass is 10.1. The molecule has 0 bridgehead atoms. The van der Waals surface area contributed by atoms with E-state index in [1.54, 1.807) is 47.3 Å². The first-order valence-electron chi connectivity index (χ1n) is 9.24. The van der Waals surface area contributed by atoms with E-state index in [1.807, 2.05) is 39.0 Å². The van der Waals surface area contributed by atoms with Crippen LogP contribution in [0, 0.1) is 20.8 Å². The maximum atomic E-state index is 13.4. The highest BCUT2D eigenvalue weighted by Gasteiger charge is 2.15. The van der Waals surface area contributed by atoms with Crippen molar-refractivity contribution in [2.45, 2.75) is 20.8 Å². The van der Waals surface area contributed by atoms with E-state index in [1.165, 1.54) is 0 Å². The average Bonchev–Trinajstić information content (AvgIpc) is 2.70. The second-order valence-electron chi connectivity index (χ2n) is 6.93. The van der Waals surface area contributed by atoms with E-state index in [4.69, 9.17) is 0 Å². The summed E-state index contributed by atoms with van der Waals surface area (Å²) in [6.07, 6.45) is 6.52. The van der Waals surface area contributed by atoms with E-state index >= 15 is 0 Å². The van der Waals surface area contributed by atoms with Crippen LogP contribution < -0.4 is 5.56 Å². The zero-order chi connectivity index (χ0) is 20.5. The minimum atomic E-state index is -0.170. The molecule has 0 unspecified atom stereocenters. The molecular formula is C23H20N4O2. The summed E-state index contributed by atoms with van der Waals surface area (Å²) in [6, 6.07) is 10.9. The smallest absolute Gasteiger partial charge is 0.266 e. The normalized spacial score (nSPS) is 11.4. The Morgan fingerprint density at radius 1 is 0.966 bits per heavy atom. The summed E-state index contributed by atoms with van der Waals surface area (Å²) in [4.78, 5) is 26.5. The van der Waals surface area contributed by atoms with Crippen LogP contribution in [0.25, 0.3) is 28.7 Å². The SMILES string of the molecule is Cc1ccc(O)c(C=Cc2nc3cnccc3c(=O)n2-c2c(C)cccc2C)n1. The molecule has 6 nitrogen and oxygen atoms in total. The summed E-state index contributed by atoms with van der Waals surface area (Å²) in [6.45, 7) is 5.78. The molecule has 0 atom stereocenters. The van der Waals surface area contributed by atoms with Gasteiger partial charge in [-0.05, 0) is 62.2 Å². The molecule has 4 rings (SSSR count). The Balaban J connectivity index is 2.01. The highest BCUT2D eigenvalue weighted by Crippen LogP contribution is 2.22. The van der Waals surface area contributed by atoms with Gasteiger partial charge in [0.15, 0.2) is 0 Å². The molecule has 0 aliphatic heterocycles. The zero-order valence-electron chi connectivity index (χ0n) is 16.4. The number of benzene rings is 1. The maximum absolute atomic E-state index is 13.4. The number of fused-ring (bicyclic) bond motifs is 1. The van der Waals surface area contributed by atoms with E-state index in [2.05, 4.69) is 15.0 Å². The van der Waals surface area contributed by atoms with Gasteiger partial charge >= 0.3 is 0 Å². The molecule has 1 N–H and O–H groups in total. The van der Waals surface area contributed by atoms with E-state index in [0.29, 0.717) is 22.4 Å². The van der Waals surface area contributed by atoms with Crippen LogP contribution in [0.2, 0.25) is 0 Å². The summed E-state index contributed by atoms with van der Waals surface area (Å²) in [5, 5.41) is 10.6. The van der Waals surface area contributed by atoms with E-state index in [0.717, 1.165) is 22.5 Å². The standard InChI is InChI=1S/C23H20N4O2/c1-14-5-4-6-15(2)22(14)27-21(10-8-18-20(28)9-7-16(3)25-18)26-19-13-24-12-11-17(19)23(27)29/h4-13,28H,1-3H3. The fourth-order valence-corrected chi connectivity index (χ4v) is 3.39. The van der Waals surface area contributed by atoms with Gasteiger partial charge in [-0.15, -0.1) is 0 Å². The lowest BCUT2D eigenvalue weighted by Gasteiger charge is -2.16. The van der Waals surface area contributed by atoms with Crippen molar-refractivity contribution in [3.05, 3.63) is 87.5 Å². The number of rotatable bonds is 3. The molecule has 4 aromatic rings. The Bertz CT molecular complexity index is 1300. The van der Waals surface area contributed by atoms with Gasteiger partial charge in [-0.2, -0.15) is 0 Å². The second kappa shape index (κ2) is 7.31. The third-order valence-electron chi connectivity index (χ3n) is 4.79. The number of aryl methyl sites for hydroxylation is 3. The molecule has 3 aromatic heterocycles. The van der Waals surface area contributed by atoms with Crippen LogP contribution in [0.3, 0.4) is 0 Å². The minimum absolute atomic E-state index is 0.0651. The van der Waals surface area contributed by atoms with Crippen LogP contribution in [-0.2, 0) is 0 Å². The third-order valence-corrected chi connectivity index (χ3v) is 4.79. The molecule has 0 fully saturated rings. The number of para-hydroxylation sites is 1. The molecular weight excluding hydrogens is 364 g/mol. The van der Waals surface area contributed by atoms with Crippen molar-refractivity contribution in [3.63, 3.8) is 0 Å². The Morgan fingerprint density at radius 2 is 1.72 bits per heavy atom. The summed E-state index contributed by atoms with van der Waals surface area (Å²) < 4.78 is 1.61. The van der Waals surface area contributed by atoms with Gasteiger partial charge in [0.25, 0.3) is 5.56 Å². The molecule has 6 heteroatoms. The number of hydrogen-bond acceptors (Lipinski definition) is 5. The van der Waals surface area contributed by atoms with Gasteiger partial charge in [0.2, 0.25) is 0 Å². The minimum Gasteiger partial charge on any atom is -0.506 e. The Labute approximate surface area is 167 Å². The Hall–Kier alpha value is -3.80. The van der Waals surface area contributed by atoms with Crippen LogP contribution in [-0.4, -0.2) is 24.6 Å². The first-order chi connectivity index (χ1) is 14.0. The van der Waals surface area contributed by atoms with Crippen LogP contribution in [0.1, 0.15) is 28.3 Å². The highest BCUT2D eigenvalue weighted by molar-refractivity contribution is 5.79. The fraction of sp³-hybridized carbons (Fsp3) is 0.130. The first-order valence-corrected chi connectivity index (χ1v) is 9.24. The summed E-state index contributed by atoms with van der Waals surface area (Å²) in [7, 11) is 0. The zero-order valence-corrected chi connectivity index (χ0v) is 16.4. The second-order valence-corrected chi connectivity index (χ2v) is 6.93. The molecule has 0 aliphatic carbocycles. The molecule has 1 aromatic carbocycles. The van der Waals surface area contributed by atoms with Gasteiger partial charge in [0.1, 0.15) is 17.3 Å². The van der Waals surface area contributed by atoms with Crippen molar-refractivity contribution in [2.24, 2.45) is 0 Å². The monoisotopic (exact) mass is 384 g/mol. The van der Waals surface area contributed by atoms with E-state index in [-0.39, 0.29) is 11.3 Å². The van der Waals surface area contributed by atoms with Crippen molar-refractivity contribution in [1.29, 1.82) is 0 Å². The predicted octanol–water partition coefficient (Wildman–Crippen LogP) is 3.98. The van der Waals surface area contributed by atoms with Gasteiger partial charge in [0, 0.05) is 11.9 Å². The molecule has 144 valence electrons. The molecule has 29 heavy (non-hydrogen) atoms. The average molecular weight is 384 g/mol. The van der Waals surface area contributed by atoms with Gasteiger partial charge in [0.05, 0.1) is 22.8 Å². The Kier molecular flexibility index (Phi) is 4.68. The summed E-state index contributed by atoms with van der Waals surface area (Å²) in [5.74, 6) is 0.505. The highest BCUT2D eigenvalue weighted by atomic mass is 16.3. The van der Waals surface area contributed by atoms with Crippen LogP contribution >= 0.6 is 0 Å². The maximum Gasteiger partial charge on any atom is 0.266 e. The Morgan fingerprint density at radius 3 is 2.48 bits per heavy atom. The molecule has 0 aliphatic rings. The van der Waals surface area contributed by atoms with Crippen molar-refractivity contribution >= 4 is 23.1 Å². The number of hydrogen-bond donors (Lipinski definition) is 1.